The molecule has 3 aromatic rings. The molecule has 0 atom stereocenters. The highest BCUT2D eigenvalue weighted by Crippen LogP contribution is 2.34. The summed E-state index contributed by atoms with van der Waals surface area (Å²) in [5.41, 5.74) is 3.98. The lowest BCUT2D eigenvalue weighted by Crippen LogP contribution is -2.38. The van der Waals surface area contributed by atoms with Crippen molar-refractivity contribution in [3.8, 4) is 17.0 Å². The van der Waals surface area contributed by atoms with Crippen LogP contribution >= 0.6 is 11.3 Å². The van der Waals surface area contributed by atoms with Crippen molar-refractivity contribution in [2.24, 2.45) is 5.92 Å². The van der Waals surface area contributed by atoms with Crippen molar-refractivity contribution in [1.29, 1.82) is 0 Å². The molecule has 2 heterocycles. The average Bonchev–Trinajstić information content (AvgIpc) is 3.31. The molecule has 166 valence electrons. The van der Waals surface area contributed by atoms with Gasteiger partial charge in [0.2, 0.25) is 5.91 Å². The number of thiazole rings is 1. The molecule has 7 heteroatoms. The van der Waals surface area contributed by atoms with E-state index in [1.165, 1.54) is 16.2 Å². The van der Waals surface area contributed by atoms with Gasteiger partial charge in [0.1, 0.15) is 5.75 Å². The van der Waals surface area contributed by atoms with Crippen molar-refractivity contribution >= 4 is 34.0 Å². The average molecular weight is 450 g/mol. The summed E-state index contributed by atoms with van der Waals surface area (Å²) in [7, 11) is 1.71. The van der Waals surface area contributed by atoms with E-state index in [2.05, 4.69) is 11.1 Å². The summed E-state index contributed by atoms with van der Waals surface area (Å²) in [5, 5.41) is 2.58. The molecule has 0 N–H and O–H groups in total. The third-order valence-corrected chi connectivity index (χ3v) is 6.43. The number of anilines is 2. The van der Waals surface area contributed by atoms with Gasteiger partial charge < -0.3 is 9.64 Å². The first-order valence-corrected chi connectivity index (χ1v) is 11.7. The third kappa shape index (κ3) is 4.67. The molecule has 0 saturated heterocycles. The number of rotatable bonds is 6. The Hall–Kier alpha value is -3.19. The quantitative estimate of drug-likeness (QED) is 0.543. The maximum Gasteiger partial charge on any atom is 0.266 e. The molecular weight excluding hydrogens is 422 g/mol. The number of carbonyl (C=O) groups excluding carboxylic acids is 2. The van der Waals surface area contributed by atoms with Gasteiger partial charge in [-0.1, -0.05) is 38.1 Å². The van der Waals surface area contributed by atoms with Crippen LogP contribution in [0.3, 0.4) is 0 Å². The molecule has 1 aliphatic rings. The Kier molecular flexibility index (Phi) is 6.55. The fourth-order valence-corrected chi connectivity index (χ4v) is 4.53. The Morgan fingerprint density at radius 3 is 2.72 bits per heavy atom. The second-order valence-electron chi connectivity index (χ2n) is 8.16. The zero-order chi connectivity index (χ0) is 22.7. The van der Waals surface area contributed by atoms with Crippen LogP contribution in [0.1, 0.15) is 25.8 Å². The monoisotopic (exact) mass is 449 g/mol. The first kappa shape index (κ1) is 22.0. The number of aromatic nitrogens is 1. The van der Waals surface area contributed by atoms with E-state index >= 15 is 0 Å². The molecule has 0 unspecified atom stereocenters. The number of nitrogens with zero attached hydrogens (tertiary/aromatic N) is 3. The van der Waals surface area contributed by atoms with Crippen LogP contribution in [-0.2, 0) is 16.0 Å². The van der Waals surface area contributed by atoms with E-state index in [0.717, 1.165) is 41.9 Å². The van der Waals surface area contributed by atoms with Gasteiger partial charge in [-0.05, 0) is 42.7 Å². The molecule has 4 rings (SSSR count). The number of amides is 2. The van der Waals surface area contributed by atoms with Crippen LogP contribution in [-0.4, -0.2) is 37.0 Å². The molecule has 0 aliphatic carbocycles. The molecule has 1 aliphatic heterocycles. The van der Waals surface area contributed by atoms with Gasteiger partial charge in [-0.3, -0.25) is 14.5 Å². The largest absolute Gasteiger partial charge is 0.484 e. The minimum absolute atomic E-state index is 0.0272. The summed E-state index contributed by atoms with van der Waals surface area (Å²) >= 11 is 1.42. The Bertz CT molecular complexity index is 1110. The molecule has 6 nitrogen and oxygen atoms in total. The lowest BCUT2D eigenvalue weighted by molar-refractivity contribution is -0.121. The molecule has 2 amide bonds. The highest BCUT2D eigenvalue weighted by molar-refractivity contribution is 7.14. The minimum Gasteiger partial charge on any atom is -0.484 e. The van der Waals surface area contributed by atoms with E-state index in [-0.39, 0.29) is 24.3 Å². The van der Waals surface area contributed by atoms with Gasteiger partial charge in [0.25, 0.3) is 5.91 Å². The maximum atomic E-state index is 12.6. The lowest BCUT2D eigenvalue weighted by atomic mass is 9.97. The number of carbonyl (C=O) groups is 2. The van der Waals surface area contributed by atoms with E-state index in [9.17, 15) is 9.59 Å². The smallest absolute Gasteiger partial charge is 0.266 e. The predicted octanol–water partition coefficient (Wildman–Crippen LogP) is 4.79. The first-order valence-electron chi connectivity index (χ1n) is 10.8. The summed E-state index contributed by atoms with van der Waals surface area (Å²) in [6, 6.07) is 15.4. The van der Waals surface area contributed by atoms with Crippen LogP contribution in [0.5, 0.6) is 5.75 Å². The zero-order valence-electron chi connectivity index (χ0n) is 18.6. The van der Waals surface area contributed by atoms with Crippen molar-refractivity contribution in [1.82, 2.24) is 4.98 Å². The van der Waals surface area contributed by atoms with Gasteiger partial charge in [0, 0.05) is 36.1 Å². The second-order valence-corrected chi connectivity index (χ2v) is 9.00. The topological polar surface area (TPSA) is 62.7 Å². The predicted molar refractivity (Wildman–Crippen MR) is 128 cm³/mol. The number of likely N-dealkylation sites (N-methyl/N-ethyl adjacent to an activating group) is 1. The van der Waals surface area contributed by atoms with Crippen LogP contribution in [0.15, 0.2) is 53.9 Å². The Morgan fingerprint density at radius 1 is 1.19 bits per heavy atom. The Labute approximate surface area is 192 Å². The molecular formula is C25H27N3O3S. The van der Waals surface area contributed by atoms with E-state index in [0.29, 0.717) is 10.9 Å². The molecule has 0 fully saturated rings. The van der Waals surface area contributed by atoms with Crippen molar-refractivity contribution in [2.45, 2.75) is 26.7 Å². The standard InChI is InChI=1S/C25H27N3O3S/c1-17(2)24(30)28-13-7-8-19-14-18(11-12-22(19)28)21-16-32-25(26-21)27(3)23(29)15-31-20-9-5-4-6-10-20/h4-6,9-12,14,16-17H,7-8,13,15H2,1-3H3. The Balaban J connectivity index is 1.47. The molecule has 0 spiro atoms. The lowest BCUT2D eigenvalue weighted by Gasteiger charge is -2.31. The second kappa shape index (κ2) is 9.53. The fourth-order valence-electron chi connectivity index (χ4n) is 3.71. The molecule has 1 aromatic heterocycles. The summed E-state index contributed by atoms with van der Waals surface area (Å²) in [6.45, 7) is 4.59. The number of aryl methyl sites for hydroxylation is 1. The van der Waals surface area contributed by atoms with Crippen LogP contribution in [0.25, 0.3) is 11.3 Å². The van der Waals surface area contributed by atoms with E-state index in [1.807, 2.05) is 66.6 Å². The number of hydrogen-bond donors (Lipinski definition) is 0. The van der Waals surface area contributed by atoms with Crippen LogP contribution in [0.4, 0.5) is 10.8 Å². The number of fused-ring (bicyclic) bond motifs is 1. The van der Waals surface area contributed by atoms with Crippen LogP contribution in [0.2, 0.25) is 0 Å². The van der Waals surface area contributed by atoms with Crippen LogP contribution < -0.4 is 14.5 Å². The van der Waals surface area contributed by atoms with Crippen molar-refractivity contribution in [3.05, 3.63) is 59.5 Å². The van der Waals surface area contributed by atoms with Crippen LogP contribution in [0, 0.1) is 5.92 Å². The number of para-hydroxylation sites is 1. The number of ether oxygens (including phenoxy) is 1. The third-order valence-electron chi connectivity index (χ3n) is 5.51. The van der Waals surface area contributed by atoms with Crippen molar-refractivity contribution in [2.75, 3.05) is 30.0 Å². The molecule has 0 bridgehead atoms. The summed E-state index contributed by atoms with van der Waals surface area (Å²) < 4.78 is 5.56. The van der Waals surface area contributed by atoms with Gasteiger partial charge in [-0.25, -0.2) is 4.98 Å². The van der Waals surface area contributed by atoms with Gasteiger partial charge in [-0.2, -0.15) is 0 Å². The SMILES string of the molecule is CC(C)C(=O)N1CCCc2cc(-c3csc(N(C)C(=O)COc4ccccc4)n3)ccc21. The van der Waals surface area contributed by atoms with Gasteiger partial charge in [-0.15, -0.1) is 11.3 Å². The van der Waals surface area contributed by atoms with E-state index in [4.69, 9.17) is 4.74 Å². The number of hydrogen-bond acceptors (Lipinski definition) is 5. The summed E-state index contributed by atoms with van der Waals surface area (Å²) in [5.74, 6) is 0.629. The van der Waals surface area contributed by atoms with Gasteiger partial charge in [0.05, 0.1) is 5.69 Å². The molecule has 32 heavy (non-hydrogen) atoms. The molecule has 2 aromatic carbocycles. The van der Waals surface area contributed by atoms with Gasteiger partial charge >= 0.3 is 0 Å². The molecule has 0 saturated carbocycles. The highest BCUT2D eigenvalue weighted by Gasteiger charge is 2.25. The Morgan fingerprint density at radius 2 is 1.97 bits per heavy atom. The highest BCUT2D eigenvalue weighted by atomic mass is 32.1. The maximum absolute atomic E-state index is 12.6. The normalized spacial score (nSPS) is 13.1. The zero-order valence-corrected chi connectivity index (χ0v) is 19.4. The summed E-state index contributed by atoms with van der Waals surface area (Å²) in [4.78, 5) is 33.2. The molecule has 0 radical (unpaired) electrons. The van der Waals surface area contributed by atoms with Crippen molar-refractivity contribution < 1.29 is 14.3 Å². The first-order chi connectivity index (χ1) is 15.4. The number of benzene rings is 2. The van der Waals surface area contributed by atoms with Gasteiger partial charge in [0.15, 0.2) is 11.7 Å². The van der Waals surface area contributed by atoms with E-state index in [1.54, 1.807) is 7.05 Å². The fraction of sp³-hybridized carbons (Fsp3) is 0.320. The van der Waals surface area contributed by atoms with Crippen molar-refractivity contribution in [3.63, 3.8) is 0 Å². The minimum atomic E-state index is -0.164. The van der Waals surface area contributed by atoms with E-state index < -0.39 is 0 Å². The summed E-state index contributed by atoms with van der Waals surface area (Å²) in [6.07, 6.45) is 1.90.